The van der Waals surface area contributed by atoms with Crippen LogP contribution in [-0.2, 0) is 11.3 Å². The van der Waals surface area contributed by atoms with Gasteiger partial charge >= 0.3 is 0 Å². The Bertz CT molecular complexity index is 336. The van der Waals surface area contributed by atoms with Gasteiger partial charge in [-0.3, -0.25) is 4.79 Å². The summed E-state index contributed by atoms with van der Waals surface area (Å²) in [6.07, 6.45) is 0. The molecule has 0 saturated carbocycles. The van der Waals surface area contributed by atoms with Crippen molar-refractivity contribution >= 4 is 5.91 Å². The highest BCUT2D eigenvalue weighted by Gasteiger charge is 2.10. The van der Waals surface area contributed by atoms with Crippen LogP contribution in [0.2, 0.25) is 0 Å². The zero-order chi connectivity index (χ0) is 11.3. The predicted octanol–water partition coefficient (Wildman–Crippen LogP) is 1.30. The number of nitrogens with two attached hydrogens (primary N) is 1. The van der Waals surface area contributed by atoms with E-state index in [4.69, 9.17) is 5.73 Å². The Morgan fingerprint density at radius 1 is 1.40 bits per heavy atom. The van der Waals surface area contributed by atoms with Gasteiger partial charge in [-0.1, -0.05) is 24.3 Å². The molecule has 2 N–H and O–H groups in total. The van der Waals surface area contributed by atoms with Crippen LogP contribution >= 0.6 is 0 Å². The summed E-state index contributed by atoms with van der Waals surface area (Å²) in [6.45, 7) is 5.45. The fourth-order valence-electron chi connectivity index (χ4n) is 1.50. The highest BCUT2D eigenvalue weighted by atomic mass is 16.2. The number of amides is 1. The molecule has 0 heterocycles. The summed E-state index contributed by atoms with van der Waals surface area (Å²) < 4.78 is 0. The third kappa shape index (κ3) is 3.06. The van der Waals surface area contributed by atoms with Crippen LogP contribution in [0.4, 0.5) is 0 Å². The quantitative estimate of drug-likeness (QED) is 0.807. The lowest BCUT2D eigenvalue weighted by atomic mass is 10.1. The average Bonchev–Trinajstić information content (AvgIpc) is 2.27. The highest BCUT2D eigenvalue weighted by molar-refractivity contribution is 5.78. The van der Waals surface area contributed by atoms with Crippen LogP contribution < -0.4 is 5.73 Å². The first-order valence-electron chi connectivity index (χ1n) is 5.21. The molecule has 1 rings (SSSR count). The molecule has 1 amide bonds. The van der Waals surface area contributed by atoms with Crippen LogP contribution in [0.15, 0.2) is 24.3 Å². The molecule has 0 saturated heterocycles. The second-order valence-electron chi connectivity index (χ2n) is 3.54. The molecule has 15 heavy (non-hydrogen) atoms. The molecular formula is C12H18N2O. The summed E-state index contributed by atoms with van der Waals surface area (Å²) in [5.74, 6) is 0.000697. The lowest BCUT2D eigenvalue weighted by Gasteiger charge is -2.21. The van der Waals surface area contributed by atoms with Crippen LogP contribution in [-0.4, -0.2) is 23.9 Å². The smallest absolute Gasteiger partial charge is 0.236 e. The molecule has 0 aliphatic carbocycles. The maximum atomic E-state index is 11.5. The summed E-state index contributed by atoms with van der Waals surface area (Å²) >= 11 is 0. The number of carbonyl (C=O) groups excluding carboxylic acids is 1. The fraction of sp³-hybridized carbons (Fsp3) is 0.417. The largest absolute Gasteiger partial charge is 0.338 e. The van der Waals surface area contributed by atoms with Gasteiger partial charge < -0.3 is 10.6 Å². The van der Waals surface area contributed by atoms with Crippen LogP contribution in [0.5, 0.6) is 0 Å². The standard InChI is InChI=1S/C12H18N2O/c1-3-14(12(15)8-13)9-11-7-5-4-6-10(11)2/h4-7H,3,8-9,13H2,1-2H3. The van der Waals surface area contributed by atoms with Crippen molar-refractivity contribution in [1.82, 2.24) is 4.90 Å². The Morgan fingerprint density at radius 2 is 2.07 bits per heavy atom. The van der Waals surface area contributed by atoms with Crippen molar-refractivity contribution < 1.29 is 4.79 Å². The minimum atomic E-state index is 0.000697. The SMILES string of the molecule is CCN(Cc1ccccc1C)C(=O)CN. The fourth-order valence-corrected chi connectivity index (χ4v) is 1.50. The summed E-state index contributed by atoms with van der Waals surface area (Å²) in [4.78, 5) is 13.2. The van der Waals surface area contributed by atoms with Gasteiger partial charge in [-0.05, 0) is 25.0 Å². The van der Waals surface area contributed by atoms with Crippen molar-refractivity contribution in [2.45, 2.75) is 20.4 Å². The Hall–Kier alpha value is -1.35. The van der Waals surface area contributed by atoms with Crippen molar-refractivity contribution in [2.75, 3.05) is 13.1 Å². The van der Waals surface area contributed by atoms with E-state index < -0.39 is 0 Å². The molecule has 0 bridgehead atoms. The van der Waals surface area contributed by atoms with E-state index in [1.54, 1.807) is 4.90 Å². The van der Waals surface area contributed by atoms with Gasteiger partial charge in [0.05, 0.1) is 6.54 Å². The van der Waals surface area contributed by atoms with Gasteiger partial charge in [-0.25, -0.2) is 0 Å². The summed E-state index contributed by atoms with van der Waals surface area (Å²) in [5.41, 5.74) is 7.74. The highest BCUT2D eigenvalue weighted by Crippen LogP contribution is 2.10. The third-order valence-corrected chi connectivity index (χ3v) is 2.53. The van der Waals surface area contributed by atoms with Gasteiger partial charge in [0, 0.05) is 13.1 Å². The van der Waals surface area contributed by atoms with E-state index in [1.807, 2.05) is 25.1 Å². The Labute approximate surface area is 90.9 Å². The van der Waals surface area contributed by atoms with Crippen molar-refractivity contribution in [3.8, 4) is 0 Å². The summed E-state index contributed by atoms with van der Waals surface area (Å²) in [7, 11) is 0. The number of rotatable bonds is 4. The Morgan fingerprint density at radius 3 is 2.60 bits per heavy atom. The van der Waals surface area contributed by atoms with Crippen LogP contribution in [0, 0.1) is 6.92 Å². The summed E-state index contributed by atoms with van der Waals surface area (Å²) in [5, 5.41) is 0. The number of hydrogen-bond acceptors (Lipinski definition) is 2. The lowest BCUT2D eigenvalue weighted by molar-refractivity contribution is -0.130. The van der Waals surface area contributed by atoms with Crippen molar-refractivity contribution in [3.05, 3.63) is 35.4 Å². The van der Waals surface area contributed by atoms with E-state index in [2.05, 4.69) is 13.0 Å². The molecule has 0 atom stereocenters. The topological polar surface area (TPSA) is 46.3 Å². The van der Waals surface area contributed by atoms with E-state index in [0.29, 0.717) is 13.1 Å². The minimum absolute atomic E-state index is 0.000697. The van der Waals surface area contributed by atoms with Crippen LogP contribution in [0.25, 0.3) is 0 Å². The average molecular weight is 206 g/mol. The molecule has 1 aromatic carbocycles. The zero-order valence-corrected chi connectivity index (χ0v) is 9.36. The van der Waals surface area contributed by atoms with Crippen molar-refractivity contribution in [1.29, 1.82) is 0 Å². The third-order valence-electron chi connectivity index (χ3n) is 2.53. The molecule has 3 nitrogen and oxygen atoms in total. The second kappa shape index (κ2) is 5.51. The molecule has 0 unspecified atom stereocenters. The van der Waals surface area contributed by atoms with Crippen LogP contribution in [0.1, 0.15) is 18.1 Å². The molecule has 0 aromatic heterocycles. The number of aryl methyl sites for hydroxylation is 1. The van der Waals surface area contributed by atoms with Crippen molar-refractivity contribution in [2.24, 2.45) is 5.73 Å². The van der Waals surface area contributed by atoms with Crippen molar-refractivity contribution in [3.63, 3.8) is 0 Å². The number of carbonyl (C=O) groups is 1. The Kier molecular flexibility index (Phi) is 4.31. The zero-order valence-electron chi connectivity index (χ0n) is 9.36. The maximum absolute atomic E-state index is 11.5. The van der Waals surface area contributed by atoms with Gasteiger partial charge in [0.25, 0.3) is 0 Å². The molecule has 0 radical (unpaired) electrons. The normalized spacial score (nSPS) is 10.1. The molecule has 0 fully saturated rings. The van der Waals surface area contributed by atoms with Gasteiger partial charge in [0.2, 0.25) is 5.91 Å². The second-order valence-corrected chi connectivity index (χ2v) is 3.54. The first-order valence-corrected chi connectivity index (χ1v) is 5.21. The number of likely N-dealkylation sites (N-methyl/N-ethyl adjacent to an activating group) is 1. The van der Waals surface area contributed by atoms with Gasteiger partial charge in [0.1, 0.15) is 0 Å². The van der Waals surface area contributed by atoms with Gasteiger partial charge in [-0.15, -0.1) is 0 Å². The molecule has 1 aromatic rings. The Balaban J connectivity index is 2.75. The first-order chi connectivity index (χ1) is 7.19. The van der Waals surface area contributed by atoms with E-state index in [9.17, 15) is 4.79 Å². The van der Waals surface area contributed by atoms with Gasteiger partial charge in [0.15, 0.2) is 0 Å². The monoisotopic (exact) mass is 206 g/mol. The molecule has 82 valence electrons. The van der Waals surface area contributed by atoms with E-state index in [0.717, 1.165) is 0 Å². The summed E-state index contributed by atoms with van der Waals surface area (Å²) in [6, 6.07) is 8.08. The first kappa shape index (κ1) is 11.7. The molecule has 0 aliphatic rings. The predicted molar refractivity (Wildman–Crippen MR) is 61.3 cm³/mol. The maximum Gasteiger partial charge on any atom is 0.236 e. The molecule has 0 aliphatic heterocycles. The minimum Gasteiger partial charge on any atom is -0.338 e. The molecule has 3 heteroatoms. The van der Waals surface area contributed by atoms with E-state index in [1.165, 1.54) is 11.1 Å². The number of benzene rings is 1. The van der Waals surface area contributed by atoms with Gasteiger partial charge in [-0.2, -0.15) is 0 Å². The van der Waals surface area contributed by atoms with E-state index >= 15 is 0 Å². The molecular weight excluding hydrogens is 188 g/mol. The lowest BCUT2D eigenvalue weighted by Crippen LogP contribution is -2.35. The van der Waals surface area contributed by atoms with E-state index in [-0.39, 0.29) is 12.5 Å². The number of hydrogen-bond donors (Lipinski definition) is 1. The molecule has 0 spiro atoms. The number of nitrogens with zero attached hydrogens (tertiary/aromatic N) is 1. The van der Waals surface area contributed by atoms with Crippen LogP contribution in [0.3, 0.4) is 0 Å².